The number of rotatable bonds is 0. The van der Waals surface area contributed by atoms with Crippen molar-refractivity contribution in [3.8, 4) is 0 Å². The Bertz CT molecular complexity index is 149. The molecule has 0 saturated heterocycles. The second-order valence-electron chi connectivity index (χ2n) is 2.43. The lowest BCUT2D eigenvalue weighted by Gasteiger charge is -1.98. The number of aliphatic imine (C=N–C) groups is 1. The smallest absolute Gasteiger partial charge is 0.110 e. The van der Waals surface area contributed by atoms with Crippen LogP contribution in [0.5, 0.6) is 0 Å². The van der Waals surface area contributed by atoms with Crippen LogP contribution in [0.3, 0.4) is 0 Å². The van der Waals surface area contributed by atoms with Crippen LogP contribution in [0.25, 0.3) is 0 Å². The molecule has 9 heavy (non-hydrogen) atoms. The SMILES string of the molecule is CC1C=NC=C(O)CC1. The first-order valence-corrected chi connectivity index (χ1v) is 3.20. The van der Waals surface area contributed by atoms with Crippen molar-refractivity contribution in [1.82, 2.24) is 0 Å². The van der Waals surface area contributed by atoms with Crippen LogP contribution in [0.2, 0.25) is 0 Å². The molecule has 0 aromatic rings. The highest BCUT2D eigenvalue weighted by molar-refractivity contribution is 5.61. The molecular weight excluding hydrogens is 114 g/mol. The lowest BCUT2D eigenvalue weighted by molar-refractivity contribution is 0.379. The van der Waals surface area contributed by atoms with E-state index in [1.807, 2.05) is 6.21 Å². The second kappa shape index (κ2) is 2.67. The molecule has 0 fully saturated rings. The molecule has 1 atom stereocenters. The molecule has 0 amide bonds. The molecule has 0 saturated carbocycles. The summed E-state index contributed by atoms with van der Waals surface area (Å²) in [6.45, 7) is 2.09. The quantitative estimate of drug-likeness (QED) is 0.526. The van der Waals surface area contributed by atoms with E-state index in [-0.39, 0.29) is 0 Å². The molecule has 50 valence electrons. The maximum atomic E-state index is 8.95. The highest BCUT2D eigenvalue weighted by atomic mass is 16.3. The van der Waals surface area contributed by atoms with E-state index in [9.17, 15) is 0 Å². The Kier molecular flexibility index (Phi) is 1.88. The number of hydrogen-bond donors (Lipinski definition) is 1. The molecular formula is C7H11NO. The van der Waals surface area contributed by atoms with Gasteiger partial charge in [-0.25, -0.2) is 0 Å². The predicted octanol–water partition coefficient (Wildman–Crippen LogP) is 1.89. The van der Waals surface area contributed by atoms with Gasteiger partial charge in [-0.1, -0.05) is 6.92 Å². The molecule has 2 heteroatoms. The van der Waals surface area contributed by atoms with Gasteiger partial charge in [-0.2, -0.15) is 0 Å². The van der Waals surface area contributed by atoms with Crippen molar-refractivity contribution in [2.45, 2.75) is 19.8 Å². The van der Waals surface area contributed by atoms with Crippen molar-refractivity contribution in [3.05, 3.63) is 12.0 Å². The van der Waals surface area contributed by atoms with Crippen molar-refractivity contribution < 1.29 is 5.11 Å². The Labute approximate surface area is 54.9 Å². The van der Waals surface area contributed by atoms with Crippen molar-refractivity contribution in [3.63, 3.8) is 0 Å². The number of aliphatic hydroxyl groups excluding tert-OH is 1. The molecule has 0 spiro atoms. The average molecular weight is 125 g/mol. The normalized spacial score (nSPS) is 27.2. The first-order valence-electron chi connectivity index (χ1n) is 3.20. The molecule has 0 bridgehead atoms. The van der Waals surface area contributed by atoms with Gasteiger partial charge in [-0.3, -0.25) is 4.99 Å². The molecule has 1 heterocycles. The Morgan fingerprint density at radius 3 is 3.33 bits per heavy atom. The van der Waals surface area contributed by atoms with Crippen molar-refractivity contribution in [2.75, 3.05) is 0 Å². The Morgan fingerprint density at radius 2 is 2.56 bits per heavy atom. The van der Waals surface area contributed by atoms with E-state index in [1.165, 1.54) is 6.20 Å². The summed E-state index contributed by atoms with van der Waals surface area (Å²) in [5.41, 5.74) is 0. The van der Waals surface area contributed by atoms with Gasteiger partial charge in [0, 0.05) is 12.6 Å². The number of hydrogen-bond acceptors (Lipinski definition) is 2. The molecule has 1 aliphatic rings. The van der Waals surface area contributed by atoms with E-state index in [1.54, 1.807) is 0 Å². The van der Waals surface area contributed by atoms with E-state index in [0.29, 0.717) is 11.7 Å². The van der Waals surface area contributed by atoms with Crippen LogP contribution in [-0.2, 0) is 0 Å². The van der Waals surface area contributed by atoms with Gasteiger partial charge in [0.05, 0.1) is 6.20 Å². The van der Waals surface area contributed by atoms with Crippen LogP contribution in [0.15, 0.2) is 17.0 Å². The summed E-state index contributed by atoms with van der Waals surface area (Å²) in [5.74, 6) is 0.904. The minimum Gasteiger partial charge on any atom is -0.511 e. The minimum atomic E-state index is 0.399. The largest absolute Gasteiger partial charge is 0.511 e. The fourth-order valence-corrected chi connectivity index (χ4v) is 0.791. The maximum Gasteiger partial charge on any atom is 0.110 e. The summed E-state index contributed by atoms with van der Waals surface area (Å²) < 4.78 is 0. The molecule has 0 aliphatic carbocycles. The summed E-state index contributed by atoms with van der Waals surface area (Å²) in [5, 5.41) is 8.95. The minimum absolute atomic E-state index is 0.399. The van der Waals surface area contributed by atoms with Gasteiger partial charge in [0.2, 0.25) is 0 Å². The molecule has 0 aromatic heterocycles. The molecule has 0 aromatic carbocycles. The van der Waals surface area contributed by atoms with E-state index in [0.717, 1.165) is 12.8 Å². The third-order valence-electron chi connectivity index (χ3n) is 1.42. The third kappa shape index (κ3) is 1.88. The molecule has 1 unspecified atom stereocenters. The van der Waals surface area contributed by atoms with Gasteiger partial charge in [0.15, 0.2) is 0 Å². The van der Waals surface area contributed by atoms with Gasteiger partial charge in [0.25, 0.3) is 0 Å². The molecule has 2 nitrogen and oxygen atoms in total. The van der Waals surface area contributed by atoms with Crippen LogP contribution in [0.4, 0.5) is 0 Å². The third-order valence-corrected chi connectivity index (χ3v) is 1.42. The summed E-state index contributed by atoms with van der Waals surface area (Å²) in [6.07, 6.45) is 5.15. The Balaban J connectivity index is 2.55. The van der Waals surface area contributed by atoms with Crippen LogP contribution in [0.1, 0.15) is 19.8 Å². The van der Waals surface area contributed by atoms with Gasteiger partial charge < -0.3 is 5.11 Å². The topological polar surface area (TPSA) is 32.6 Å². The highest BCUT2D eigenvalue weighted by Crippen LogP contribution is 2.11. The van der Waals surface area contributed by atoms with Gasteiger partial charge in [0.1, 0.15) is 5.76 Å². The predicted molar refractivity (Wildman–Crippen MR) is 37.6 cm³/mol. The van der Waals surface area contributed by atoms with E-state index >= 15 is 0 Å². The fraction of sp³-hybridized carbons (Fsp3) is 0.571. The zero-order valence-electron chi connectivity index (χ0n) is 5.54. The lowest BCUT2D eigenvalue weighted by atomic mass is 10.1. The molecule has 1 aliphatic heterocycles. The van der Waals surface area contributed by atoms with Crippen molar-refractivity contribution in [2.24, 2.45) is 10.9 Å². The standard InChI is InChI=1S/C7H11NO/c1-6-2-3-7(9)5-8-4-6/h4-6,9H,2-3H2,1H3. The summed E-state index contributed by atoms with van der Waals surface area (Å²) in [7, 11) is 0. The first-order chi connectivity index (χ1) is 4.29. The van der Waals surface area contributed by atoms with E-state index in [4.69, 9.17) is 5.11 Å². The fourth-order valence-electron chi connectivity index (χ4n) is 0.791. The monoisotopic (exact) mass is 125 g/mol. The van der Waals surface area contributed by atoms with Crippen molar-refractivity contribution in [1.29, 1.82) is 0 Å². The number of nitrogens with zero attached hydrogens (tertiary/aromatic N) is 1. The van der Waals surface area contributed by atoms with E-state index in [2.05, 4.69) is 11.9 Å². The zero-order valence-corrected chi connectivity index (χ0v) is 5.54. The van der Waals surface area contributed by atoms with Crippen LogP contribution in [-0.4, -0.2) is 11.3 Å². The highest BCUT2D eigenvalue weighted by Gasteiger charge is 2.02. The lowest BCUT2D eigenvalue weighted by Crippen LogP contribution is -1.93. The first kappa shape index (κ1) is 6.33. The average Bonchev–Trinajstić information content (AvgIpc) is 1.97. The van der Waals surface area contributed by atoms with Gasteiger partial charge in [-0.05, 0) is 12.3 Å². The van der Waals surface area contributed by atoms with E-state index < -0.39 is 0 Å². The number of aliphatic hydroxyl groups is 1. The molecule has 1 N–H and O–H groups in total. The zero-order chi connectivity index (χ0) is 6.69. The summed E-state index contributed by atoms with van der Waals surface area (Å²) >= 11 is 0. The second-order valence-corrected chi connectivity index (χ2v) is 2.43. The maximum absolute atomic E-state index is 8.95. The summed E-state index contributed by atoms with van der Waals surface area (Å²) in [4.78, 5) is 3.90. The molecule has 0 radical (unpaired) electrons. The van der Waals surface area contributed by atoms with Gasteiger partial charge >= 0.3 is 0 Å². The Morgan fingerprint density at radius 1 is 1.78 bits per heavy atom. The molecule has 1 rings (SSSR count). The van der Waals surface area contributed by atoms with Crippen LogP contribution < -0.4 is 0 Å². The summed E-state index contributed by atoms with van der Waals surface area (Å²) in [6, 6.07) is 0. The van der Waals surface area contributed by atoms with Crippen molar-refractivity contribution >= 4 is 6.21 Å². The van der Waals surface area contributed by atoms with Crippen LogP contribution in [0, 0.1) is 5.92 Å². The number of allylic oxidation sites excluding steroid dienone is 1. The Hall–Kier alpha value is -0.790. The van der Waals surface area contributed by atoms with Gasteiger partial charge in [-0.15, -0.1) is 0 Å². The van der Waals surface area contributed by atoms with Crippen LogP contribution >= 0.6 is 0 Å².